The number of benzene rings is 1. The predicted molar refractivity (Wildman–Crippen MR) is 69.3 cm³/mol. The van der Waals surface area contributed by atoms with E-state index in [1.54, 1.807) is 0 Å². The predicted octanol–water partition coefficient (Wildman–Crippen LogP) is 3.69. The Hall–Kier alpha value is -1.08. The molecule has 1 aromatic carbocycles. The minimum atomic E-state index is 0.453. The summed E-state index contributed by atoms with van der Waals surface area (Å²) in [6.45, 7) is 6.13. The van der Waals surface area contributed by atoms with Gasteiger partial charge in [0.05, 0.1) is 0 Å². The lowest BCUT2D eigenvalue weighted by Gasteiger charge is -2.19. The Morgan fingerprint density at radius 3 is 2.69 bits per heavy atom. The first-order valence-electron chi connectivity index (χ1n) is 6.23. The summed E-state index contributed by atoms with van der Waals surface area (Å²) < 4.78 is 0. The van der Waals surface area contributed by atoms with E-state index in [4.69, 9.17) is 0 Å². The molecule has 1 N–H and O–H groups in total. The van der Waals surface area contributed by atoms with Crippen molar-refractivity contribution in [2.75, 3.05) is 0 Å². The molecule has 1 nitrogen and oxygen atoms in total. The molecule has 0 bridgehead atoms. The molecule has 0 amide bonds. The van der Waals surface area contributed by atoms with Gasteiger partial charge in [0.15, 0.2) is 0 Å². The van der Waals surface area contributed by atoms with Gasteiger partial charge in [-0.05, 0) is 37.7 Å². The van der Waals surface area contributed by atoms with Crippen LogP contribution in [0.4, 0.5) is 0 Å². The molecule has 1 aliphatic carbocycles. The Labute approximate surface area is 98.6 Å². The van der Waals surface area contributed by atoms with E-state index in [0.717, 1.165) is 5.92 Å². The largest absolute Gasteiger partial charge is 0.307 e. The first-order chi connectivity index (χ1) is 7.79. The molecule has 1 aromatic rings. The maximum atomic E-state index is 3.89. The number of hydrogen-bond donors (Lipinski definition) is 1. The van der Waals surface area contributed by atoms with Gasteiger partial charge < -0.3 is 5.32 Å². The molecular weight excluding hydrogens is 194 g/mol. The molecule has 3 atom stereocenters. The van der Waals surface area contributed by atoms with Crippen LogP contribution in [-0.2, 0) is 0 Å². The van der Waals surface area contributed by atoms with Crippen molar-refractivity contribution in [1.82, 2.24) is 5.32 Å². The normalized spacial score (nSPS) is 26.6. The lowest BCUT2D eigenvalue weighted by Crippen LogP contribution is -2.29. The monoisotopic (exact) mass is 215 g/mol. The van der Waals surface area contributed by atoms with E-state index in [9.17, 15) is 0 Å². The molecule has 0 aliphatic heterocycles. The van der Waals surface area contributed by atoms with Crippen LogP contribution in [0.5, 0.6) is 0 Å². The van der Waals surface area contributed by atoms with Crippen LogP contribution in [0.25, 0.3) is 0 Å². The van der Waals surface area contributed by atoms with Crippen molar-refractivity contribution in [3.8, 4) is 0 Å². The van der Waals surface area contributed by atoms with E-state index in [0.29, 0.717) is 12.1 Å². The standard InChI is InChI=1S/C15H21N/c1-3-13-9-10-15(11-13)16-12(2)14-7-5-4-6-8-14/h3-8,12-13,15-16H,1,9-11H2,2H3/t12?,13-,15+/m1/s1. The molecule has 0 heterocycles. The van der Waals surface area contributed by atoms with Gasteiger partial charge in [-0.2, -0.15) is 0 Å². The van der Waals surface area contributed by atoms with Crippen molar-refractivity contribution >= 4 is 0 Å². The third-order valence-electron chi connectivity index (χ3n) is 3.59. The third-order valence-corrected chi connectivity index (χ3v) is 3.59. The highest BCUT2D eigenvalue weighted by Gasteiger charge is 2.23. The summed E-state index contributed by atoms with van der Waals surface area (Å²) in [6.07, 6.45) is 5.94. The van der Waals surface area contributed by atoms with Gasteiger partial charge in [-0.25, -0.2) is 0 Å². The van der Waals surface area contributed by atoms with E-state index < -0.39 is 0 Å². The van der Waals surface area contributed by atoms with Crippen molar-refractivity contribution in [3.05, 3.63) is 48.6 Å². The Kier molecular flexibility index (Phi) is 3.79. The second kappa shape index (κ2) is 5.31. The molecule has 86 valence electrons. The second-order valence-corrected chi connectivity index (χ2v) is 4.80. The summed E-state index contributed by atoms with van der Waals surface area (Å²) in [7, 11) is 0. The quantitative estimate of drug-likeness (QED) is 0.755. The molecule has 1 aliphatic rings. The molecule has 0 aromatic heterocycles. The minimum Gasteiger partial charge on any atom is -0.307 e. The van der Waals surface area contributed by atoms with Crippen LogP contribution < -0.4 is 5.32 Å². The van der Waals surface area contributed by atoms with Crippen LogP contribution in [0.3, 0.4) is 0 Å². The van der Waals surface area contributed by atoms with E-state index >= 15 is 0 Å². The summed E-state index contributed by atoms with van der Waals surface area (Å²) in [5, 5.41) is 3.71. The fraction of sp³-hybridized carbons (Fsp3) is 0.467. The highest BCUT2D eigenvalue weighted by atomic mass is 14.9. The maximum Gasteiger partial charge on any atom is 0.0294 e. The summed E-state index contributed by atoms with van der Waals surface area (Å²) in [5.74, 6) is 0.723. The lowest BCUT2D eigenvalue weighted by atomic mass is 10.1. The first-order valence-corrected chi connectivity index (χ1v) is 6.23. The molecule has 1 fully saturated rings. The van der Waals surface area contributed by atoms with Crippen molar-refractivity contribution in [3.63, 3.8) is 0 Å². The highest BCUT2D eigenvalue weighted by Crippen LogP contribution is 2.28. The van der Waals surface area contributed by atoms with Crippen LogP contribution in [0.2, 0.25) is 0 Å². The first kappa shape index (κ1) is 11.4. The molecule has 2 rings (SSSR count). The SMILES string of the molecule is C=C[C@@H]1CC[C@H](NC(C)c2ccccc2)C1. The average molecular weight is 215 g/mol. The van der Waals surface area contributed by atoms with E-state index in [2.05, 4.69) is 55.2 Å². The van der Waals surface area contributed by atoms with Gasteiger partial charge in [0.1, 0.15) is 0 Å². The van der Waals surface area contributed by atoms with Gasteiger partial charge in [0.2, 0.25) is 0 Å². The van der Waals surface area contributed by atoms with E-state index in [1.165, 1.54) is 24.8 Å². The second-order valence-electron chi connectivity index (χ2n) is 4.80. The minimum absolute atomic E-state index is 0.453. The molecule has 1 saturated carbocycles. The molecule has 0 spiro atoms. The number of hydrogen-bond acceptors (Lipinski definition) is 1. The third kappa shape index (κ3) is 2.73. The lowest BCUT2D eigenvalue weighted by molar-refractivity contribution is 0.454. The zero-order valence-corrected chi connectivity index (χ0v) is 10.0. The Morgan fingerprint density at radius 2 is 2.06 bits per heavy atom. The number of rotatable bonds is 4. The van der Waals surface area contributed by atoms with Gasteiger partial charge in [0, 0.05) is 12.1 Å². The Bertz CT molecular complexity index is 331. The summed E-state index contributed by atoms with van der Waals surface area (Å²) >= 11 is 0. The van der Waals surface area contributed by atoms with Crippen molar-refractivity contribution in [2.45, 2.75) is 38.3 Å². The highest BCUT2D eigenvalue weighted by molar-refractivity contribution is 5.18. The zero-order valence-electron chi connectivity index (χ0n) is 10.0. The van der Waals surface area contributed by atoms with Crippen LogP contribution in [0.1, 0.15) is 37.8 Å². The smallest absolute Gasteiger partial charge is 0.0294 e. The molecular formula is C15H21N. The van der Waals surface area contributed by atoms with Gasteiger partial charge in [-0.3, -0.25) is 0 Å². The number of allylic oxidation sites excluding steroid dienone is 1. The van der Waals surface area contributed by atoms with Crippen LogP contribution in [0, 0.1) is 5.92 Å². The van der Waals surface area contributed by atoms with Gasteiger partial charge >= 0.3 is 0 Å². The van der Waals surface area contributed by atoms with Gasteiger partial charge in [-0.1, -0.05) is 36.4 Å². The number of nitrogens with one attached hydrogen (secondary N) is 1. The Morgan fingerprint density at radius 1 is 1.31 bits per heavy atom. The van der Waals surface area contributed by atoms with Crippen LogP contribution in [0.15, 0.2) is 43.0 Å². The fourth-order valence-corrected chi connectivity index (χ4v) is 2.57. The average Bonchev–Trinajstić information content (AvgIpc) is 2.78. The van der Waals surface area contributed by atoms with Crippen molar-refractivity contribution in [2.24, 2.45) is 5.92 Å². The van der Waals surface area contributed by atoms with E-state index in [-0.39, 0.29) is 0 Å². The van der Waals surface area contributed by atoms with E-state index in [1.807, 2.05) is 0 Å². The molecule has 0 saturated heterocycles. The van der Waals surface area contributed by atoms with Gasteiger partial charge in [-0.15, -0.1) is 6.58 Å². The van der Waals surface area contributed by atoms with Crippen LogP contribution >= 0.6 is 0 Å². The maximum absolute atomic E-state index is 3.89. The summed E-state index contributed by atoms with van der Waals surface area (Å²) in [6, 6.07) is 11.8. The van der Waals surface area contributed by atoms with Crippen molar-refractivity contribution in [1.29, 1.82) is 0 Å². The summed E-state index contributed by atoms with van der Waals surface area (Å²) in [4.78, 5) is 0. The topological polar surface area (TPSA) is 12.0 Å². The molecule has 16 heavy (non-hydrogen) atoms. The van der Waals surface area contributed by atoms with Gasteiger partial charge in [0.25, 0.3) is 0 Å². The fourth-order valence-electron chi connectivity index (χ4n) is 2.57. The zero-order chi connectivity index (χ0) is 11.4. The van der Waals surface area contributed by atoms with Crippen molar-refractivity contribution < 1.29 is 0 Å². The molecule has 0 radical (unpaired) electrons. The Balaban J connectivity index is 1.89. The summed E-state index contributed by atoms with van der Waals surface area (Å²) in [5.41, 5.74) is 1.38. The molecule has 1 heteroatoms. The molecule has 1 unspecified atom stereocenters. The van der Waals surface area contributed by atoms with Crippen LogP contribution in [-0.4, -0.2) is 6.04 Å².